The Morgan fingerprint density at radius 3 is 2.63 bits per heavy atom. The number of hydrogen-bond acceptors (Lipinski definition) is 3. The minimum Gasteiger partial charge on any atom is -0.319 e. The topological polar surface area (TPSA) is 24.1 Å². The van der Waals surface area contributed by atoms with Gasteiger partial charge in [0.15, 0.2) is 0 Å². The van der Waals surface area contributed by atoms with Crippen molar-refractivity contribution in [2.45, 2.75) is 19.5 Å². The lowest BCUT2D eigenvalue weighted by molar-refractivity contribution is 0.690. The first kappa shape index (κ1) is 14.7. The summed E-state index contributed by atoms with van der Waals surface area (Å²) in [7, 11) is 2.00. The molecule has 0 aliphatic rings. The van der Waals surface area contributed by atoms with Gasteiger partial charge in [0.05, 0.1) is 0 Å². The van der Waals surface area contributed by atoms with Crippen LogP contribution in [0.2, 0.25) is 0 Å². The van der Waals surface area contributed by atoms with Crippen molar-refractivity contribution in [1.82, 2.24) is 10.6 Å². The molecule has 0 unspecified atom stereocenters. The molecule has 0 radical (unpaired) electrons. The number of thiophene rings is 1. The lowest BCUT2D eigenvalue weighted by Gasteiger charge is -2.10. The fraction of sp³-hybridized carbons (Fsp3) is 0.333. The number of hydrogen-bond donors (Lipinski definition) is 2. The molecule has 1 aromatic carbocycles. The van der Waals surface area contributed by atoms with Gasteiger partial charge >= 0.3 is 0 Å². The number of rotatable bonds is 7. The van der Waals surface area contributed by atoms with Crippen LogP contribution < -0.4 is 10.6 Å². The van der Waals surface area contributed by atoms with Crippen LogP contribution >= 0.6 is 27.3 Å². The molecule has 0 aliphatic heterocycles. The van der Waals surface area contributed by atoms with Crippen molar-refractivity contribution in [3.8, 4) is 0 Å². The van der Waals surface area contributed by atoms with Crippen LogP contribution in [0, 0.1) is 0 Å². The number of benzene rings is 1. The number of halogens is 1. The van der Waals surface area contributed by atoms with Gasteiger partial charge in [-0.2, -0.15) is 0 Å². The molecule has 102 valence electrons. The molecule has 0 spiro atoms. The molecule has 0 saturated carbocycles. The van der Waals surface area contributed by atoms with Crippen LogP contribution in [0.3, 0.4) is 0 Å². The third kappa shape index (κ3) is 4.73. The maximum atomic E-state index is 3.52. The fourth-order valence-electron chi connectivity index (χ4n) is 2.00. The number of likely N-dealkylation sites (N-methyl/N-ethyl adjacent to an activating group) is 1. The molecule has 0 bridgehead atoms. The summed E-state index contributed by atoms with van der Waals surface area (Å²) in [6.07, 6.45) is 1.08. The maximum absolute atomic E-state index is 3.52. The molecule has 2 aromatic rings. The van der Waals surface area contributed by atoms with E-state index in [9.17, 15) is 0 Å². The zero-order chi connectivity index (χ0) is 13.5. The lowest BCUT2D eigenvalue weighted by atomic mass is 10.0. The highest BCUT2D eigenvalue weighted by Gasteiger charge is 2.02. The van der Waals surface area contributed by atoms with Crippen LogP contribution in [0.5, 0.6) is 0 Å². The van der Waals surface area contributed by atoms with Crippen molar-refractivity contribution < 1.29 is 0 Å². The van der Waals surface area contributed by atoms with E-state index in [1.54, 1.807) is 11.3 Å². The van der Waals surface area contributed by atoms with E-state index < -0.39 is 0 Å². The molecular formula is C15H19BrN2S. The minimum atomic E-state index is 0.926. The smallest absolute Gasteiger partial charge is 0.0303 e. The van der Waals surface area contributed by atoms with Gasteiger partial charge < -0.3 is 10.6 Å². The zero-order valence-electron chi connectivity index (χ0n) is 11.1. The predicted octanol–water partition coefficient (Wildman–Crippen LogP) is 3.56. The zero-order valence-corrected chi connectivity index (χ0v) is 13.5. The molecule has 19 heavy (non-hydrogen) atoms. The van der Waals surface area contributed by atoms with Crippen molar-refractivity contribution in [2.75, 3.05) is 13.6 Å². The molecule has 2 N–H and O–H groups in total. The summed E-state index contributed by atoms with van der Waals surface area (Å²) < 4.78 is 1.17. The first-order valence-electron chi connectivity index (χ1n) is 6.44. The highest BCUT2D eigenvalue weighted by atomic mass is 79.9. The third-order valence-corrected chi connectivity index (χ3v) is 4.70. The SMILES string of the molecule is CNCCc1ccccc1CNCc1cc(Br)cs1. The Bertz CT molecular complexity index is 510. The average molecular weight is 339 g/mol. The van der Waals surface area contributed by atoms with Gasteiger partial charge in [-0.1, -0.05) is 24.3 Å². The van der Waals surface area contributed by atoms with Gasteiger partial charge in [-0.25, -0.2) is 0 Å². The Labute approximate surface area is 127 Å². The van der Waals surface area contributed by atoms with Gasteiger partial charge in [0.25, 0.3) is 0 Å². The summed E-state index contributed by atoms with van der Waals surface area (Å²) in [5, 5.41) is 8.84. The van der Waals surface area contributed by atoms with E-state index in [1.807, 2.05) is 7.05 Å². The van der Waals surface area contributed by atoms with E-state index in [-0.39, 0.29) is 0 Å². The van der Waals surface area contributed by atoms with E-state index in [2.05, 4.69) is 62.3 Å². The van der Waals surface area contributed by atoms with Crippen LogP contribution in [0.25, 0.3) is 0 Å². The van der Waals surface area contributed by atoms with Crippen molar-refractivity contribution in [1.29, 1.82) is 0 Å². The summed E-state index contributed by atoms with van der Waals surface area (Å²) in [5.41, 5.74) is 2.82. The van der Waals surface area contributed by atoms with Gasteiger partial charge in [-0.05, 0) is 53.1 Å². The minimum absolute atomic E-state index is 0.926. The summed E-state index contributed by atoms with van der Waals surface area (Å²) in [5.74, 6) is 0. The Hall–Kier alpha value is -0.680. The molecule has 0 fully saturated rings. The van der Waals surface area contributed by atoms with E-state index in [0.717, 1.165) is 26.1 Å². The summed E-state index contributed by atoms with van der Waals surface area (Å²) in [4.78, 5) is 1.36. The van der Waals surface area contributed by atoms with Gasteiger partial charge in [0.1, 0.15) is 0 Å². The molecule has 0 saturated heterocycles. The van der Waals surface area contributed by atoms with Crippen molar-refractivity contribution in [2.24, 2.45) is 0 Å². The highest BCUT2D eigenvalue weighted by molar-refractivity contribution is 9.10. The summed E-state index contributed by atoms with van der Waals surface area (Å²) in [6.45, 7) is 2.88. The molecular weight excluding hydrogens is 320 g/mol. The van der Waals surface area contributed by atoms with Gasteiger partial charge in [0, 0.05) is 27.8 Å². The van der Waals surface area contributed by atoms with Crippen LogP contribution in [0.4, 0.5) is 0 Å². The second kappa shape index (κ2) is 7.80. The van der Waals surface area contributed by atoms with Crippen LogP contribution in [-0.2, 0) is 19.5 Å². The second-order valence-electron chi connectivity index (χ2n) is 4.46. The Morgan fingerprint density at radius 2 is 1.95 bits per heavy atom. The van der Waals surface area contributed by atoms with Gasteiger partial charge in [0.2, 0.25) is 0 Å². The normalized spacial score (nSPS) is 10.8. The largest absolute Gasteiger partial charge is 0.319 e. The van der Waals surface area contributed by atoms with E-state index >= 15 is 0 Å². The Morgan fingerprint density at radius 1 is 1.16 bits per heavy atom. The molecule has 1 heterocycles. The fourth-order valence-corrected chi connectivity index (χ4v) is 3.42. The monoisotopic (exact) mass is 338 g/mol. The summed E-state index contributed by atoms with van der Waals surface area (Å²) >= 11 is 5.27. The Balaban J connectivity index is 1.88. The molecule has 4 heteroatoms. The molecule has 0 atom stereocenters. The van der Waals surface area contributed by atoms with Crippen molar-refractivity contribution in [3.63, 3.8) is 0 Å². The van der Waals surface area contributed by atoms with E-state index in [4.69, 9.17) is 0 Å². The Kier molecular flexibility index (Phi) is 6.04. The van der Waals surface area contributed by atoms with Crippen LogP contribution in [0.1, 0.15) is 16.0 Å². The highest BCUT2D eigenvalue weighted by Crippen LogP contribution is 2.19. The molecule has 2 nitrogen and oxygen atoms in total. The predicted molar refractivity (Wildman–Crippen MR) is 86.6 cm³/mol. The van der Waals surface area contributed by atoms with E-state index in [1.165, 1.54) is 20.5 Å². The molecule has 2 rings (SSSR count). The van der Waals surface area contributed by atoms with Crippen LogP contribution in [-0.4, -0.2) is 13.6 Å². The summed E-state index contributed by atoms with van der Waals surface area (Å²) in [6, 6.07) is 10.8. The van der Waals surface area contributed by atoms with E-state index in [0.29, 0.717) is 0 Å². The molecule has 0 aliphatic carbocycles. The lowest BCUT2D eigenvalue weighted by Crippen LogP contribution is -2.15. The van der Waals surface area contributed by atoms with Crippen molar-refractivity contribution >= 4 is 27.3 Å². The molecule has 1 aromatic heterocycles. The molecule has 0 amide bonds. The van der Waals surface area contributed by atoms with Crippen molar-refractivity contribution in [3.05, 3.63) is 56.2 Å². The quantitative estimate of drug-likeness (QED) is 0.806. The first-order chi connectivity index (χ1) is 9.29. The maximum Gasteiger partial charge on any atom is 0.0303 e. The average Bonchev–Trinajstić information content (AvgIpc) is 2.83. The number of nitrogens with one attached hydrogen (secondary N) is 2. The first-order valence-corrected chi connectivity index (χ1v) is 8.12. The van der Waals surface area contributed by atoms with Gasteiger partial charge in [-0.15, -0.1) is 11.3 Å². The van der Waals surface area contributed by atoms with Gasteiger partial charge in [-0.3, -0.25) is 0 Å². The second-order valence-corrected chi connectivity index (χ2v) is 6.37. The standard InChI is InChI=1S/C15H19BrN2S/c1-17-7-6-12-4-2-3-5-13(12)9-18-10-15-8-14(16)11-19-15/h2-5,8,11,17-18H,6-7,9-10H2,1H3. The third-order valence-electron chi connectivity index (χ3n) is 3.00. The van der Waals surface area contributed by atoms with Crippen LogP contribution in [0.15, 0.2) is 40.2 Å².